The minimum Gasteiger partial charge on any atom is -0.508 e. The second kappa shape index (κ2) is 8.55. The van der Waals surface area contributed by atoms with Crippen molar-refractivity contribution < 1.29 is 24.5 Å². The van der Waals surface area contributed by atoms with Gasteiger partial charge < -0.3 is 24.6 Å². The van der Waals surface area contributed by atoms with E-state index in [1.54, 1.807) is 12.1 Å². The Hall–Kier alpha value is -3.52. The molecular weight excluding hydrogens is 412 g/mol. The third kappa shape index (κ3) is 4.13. The zero-order valence-electron chi connectivity index (χ0n) is 18.0. The highest BCUT2D eigenvalue weighted by Crippen LogP contribution is 2.36. The van der Waals surface area contributed by atoms with E-state index < -0.39 is 5.43 Å². The fourth-order valence-corrected chi connectivity index (χ4v) is 3.99. The molecule has 3 N–H and O–H groups in total. The molecule has 2 heterocycles. The largest absolute Gasteiger partial charge is 0.508 e. The molecule has 1 fully saturated rings. The Morgan fingerprint density at radius 3 is 2.28 bits per heavy atom. The second-order valence-electron chi connectivity index (χ2n) is 8.38. The van der Waals surface area contributed by atoms with Gasteiger partial charge in [-0.2, -0.15) is 0 Å². The van der Waals surface area contributed by atoms with Crippen molar-refractivity contribution in [3.63, 3.8) is 0 Å². The van der Waals surface area contributed by atoms with Crippen LogP contribution in [0.1, 0.15) is 19.4 Å². The number of carbonyl (C=O) groups excluding carboxylic acids is 1. The fraction of sp³-hybridized carbons (Fsp3) is 0.333. The molecule has 32 heavy (non-hydrogen) atoms. The number of benzene rings is 2. The van der Waals surface area contributed by atoms with Crippen molar-refractivity contribution in [3.8, 4) is 28.6 Å². The van der Waals surface area contributed by atoms with Crippen LogP contribution in [0.15, 0.2) is 45.6 Å². The number of carbonyl (C=O) groups is 1. The lowest BCUT2D eigenvalue weighted by atomic mass is 10.1. The van der Waals surface area contributed by atoms with Crippen LogP contribution < -0.4 is 5.43 Å². The molecule has 8 nitrogen and oxygen atoms in total. The van der Waals surface area contributed by atoms with Gasteiger partial charge in [0.1, 0.15) is 28.4 Å². The van der Waals surface area contributed by atoms with E-state index in [4.69, 9.17) is 4.42 Å². The number of aromatic hydroxyl groups is 3. The van der Waals surface area contributed by atoms with Crippen LogP contribution in [0.4, 0.5) is 0 Å². The molecule has 168 valence electrons. The van der Waals surface area contributed by atoms with Crippen molar-refractivity contribution in [2.75, 3.05) is 26.2 Å². The van der Waals surface area contributed by atoms with Crippen LogP contribution in [-0.2, 0) is 11.3 Å². The van der Waals surface area contributed by atoms with Gasteiger partial charge in [0.2, 0.25) is 5.91 Å². The Kier molecular flexibility index (Phi) is 5.80. The molecule has 2 aromatic carbocycles. The molecular formula is C24H26N2O6. The number of phenolic OH excluding ortho intramolecular Hbond substituents is 3. The van der Waals surface area contributed by atoms with Crippen LogP contribution in [0.2, 0.25) is 0 Å². The lowest BCUT2D eigenvalue weighted by Gasteiger charge is -2.35. The molecule has 1 amide bonds. The summed E-state index contributed by atoms with van der Waals surface area (Å²) in [6.45, 7) is 6.44. The number of phenols is 3. The summed E-state index contributed by atoms with van der Waals surface area (Å²) in [5.74, 6) is -0.100. The number of piperazine rings is 1. The van der Waals surface area contributed by atoms with Gasteiger partial charge >= 0.3 is 0 Å². The van der Waals surface area contributed by atoms with Gasteiger partial charge in [-0.15, -0.1) is 0 Å². The number of hydrogen-bond donors (Lipinski definition) is 3. The Balaban J connectivity index is 1.69. The molecule has 4 rings (SSSR count). The molecule has 3 aromatic rings. The molecule has 0 atom stereocenters. The fourth-order valence-electron chi connectivity index (χ4n) is 3.99. The Labute approximate surface area is 184 Å². The molecule has 1 saturated heterocycles. The quantitative estimate of drug-likeness (QED) is 0.574. The molecule has 0 unspecified atom stereocenters. The van der Waals surface area contributed by atoms with Gasteiger partial charge in [0, 0.05) is 56.3 Å². The smallest absolute Gasteiger partial charge is 0.225 e. The van der Waals surface area contributed by atoms with Crippen LogP contribution >= 0.6 is 0 Å². The van der Waals surface area contributed by atoms with E-state index in [0.717, 1.165) is 6.07 Å². The van der Waals surface area contributed by atoms with Gasteiger partial charge in [-0.05, 0) is 24.3 Å². The first kappa shape index (κ1) is 21.7. The minimum absolute atomic E-state index is 0.00829. The lowest BCUT2D eigenvalue weighted by molar-refractivity contribution is -0.136. The molecule has 0 radical (unpaired) electrons. The second-order valence-corrected chi connectivity index (χ2v) is 8.38. The van der Waals surface area contributed by atoms with Crippen LogP contribution in [0.5, 0.6) is 17.2 Å². The number of rotatable bonds is 4. The van der Waals surface area contributed by atoms with Crippen LogP contribution in [0.25, 0.3) is 22.3 Å². The number of nitrogens with zero attached hydrogens (tertiary/aromatic N) is 2. The van der Waals surface area contributed by atoms with Crippen LogP contribution in [0, 0.1) is 5.92 Å². The third-order valence-corrected chi connectivity index (χ3v) is 5.77. The van der Waals surface area contributed by atoms with E-state index in [9.17, 15) is 24.9 Å². The highest BCUT2D eigenvalue weighted by atomic mass is 16.3. The van der Waals surface area contributed by atoms with Gasteiger partial charge in [-0.3, -0.25) is 14.5 Å². The van der Waals surface area contributed by atoms with E-state index in [2.05, 4.69) is 4.90 Å². The maximum atomic E-state index is 12.8. The summed E-state index contributed by atoms with van der Waals surface area (Å²) in [5, 5.41) is 30.4. The van der Waals surface area contributed by atoms with Crippen molar-refractivity contribution in [2.24, 2.45) is 5.92 Å². The molecule has 1 aromatic heterocycles. The predicted molar refractivity (Wildman–Crippen MR) is 120 cm³/mol. The average Bonchev–Trinajstić information content (AvgIpc) is 2.76. The molecule has 0 aliphatic carbocycles. The summed E-state index contributed by atoms with van der Waals surface area (Å²) < 4.78 is 6.00. The zero-order valence-corrected chi connectivity index (χ0v) is 18.0. The number of amides is 1. The van der Waals surface area contributed by atoms with Crippen molar-refractivity contribution in [1.29, 1.82) is 0 Å². The van der Waals surface area contributed by atoms with E-state index >= 15 is 0 Å². The van der Waals surface area contributed by atoms with Gasteiger partial charge in [0.25, 0.3) is 0 Å². The highest BCUT2D eigenvalue weighted by molar-refractivity contribution is 5.89. The van der Waals surface area contributed by atoms with Crippen molar-refractivity contribution in [3.05, 3.63) is 52.2 Å². The predicted octanol–water partition coefficient (Wildman–Crippen LogP) is 2.88. The SMILES string of the molecule is CC(C)C(=O)N1CCN(Cc2c(O)cc(O)c3c(=O)cc(-c4ccc(O)cc4)oc23)CC1. The minimum atomic E-state index is -0.430. The van der Waals surface area contributed by atoms with Gasteiger partial charge in [-0.1, -0.05) is 13.8 Å². The highest BCUT2D eigenvalue weighted by Gasteiger charge is 2.25. The Bertz CT molecular complexity index is 1210. The van der Waals surface area contributed by atoms with Gasteiger partial charge in [-0.25, -0.2) is 0 Å². The van der Waals surface area contributed by atoms with Crippen LogP contribution in [0.3, 0.4) is 0 Å². The molecule has 8 heteroatoms. The Morgan fingerprint density at radius 2 is 1.66 bits per heavy atom. The summed E-state index contributed by atoms with van der Waals surface area (Å²) in [4.78, 5) is 28.9. The van der Waals surface area contributed by atoms with Gasteiger partial charge in [0.15, 0.2) is 11.0 Å². The summed E-state index contributed by atoms with van der Waals surface area (Å²) >= 11 is 0. The van der Waals surface area contributed by atoms with E-state index in [1.807, 2.05) is 18.7 Å². The topological polar surface area (TPSA) is 114 Å². The first-order valence-corrected chi connectivity index (χ1v) is 10.6. The van der Waals surface area contributed by atoms with E-state index in [-0.39, 0.29) is 45.8 Å². The van der Waals surface area contributed by atoms with E-state index in [0.29, 0.717) is 43.9 Å². The maximum Gasteiger partial charge on any atom is 0.225 e. The first-order chi connectivity index (χ1) is 15.2. The maximum absolute atomic E-state index is 12.8. The first-order valence-electron chi connectivity index (χ1n) is 10.6. The number of hydrogen-bond acceptors (Lipinski definition) is 7. The summed E-state index contributed by atoms with van der Waals surface area (Å²) in [7, 11) is 0. The summed E-state index contributed by atoms with van der Waals surface area (Å²) in [6.07, 6.45) is 0. The summed E-state index contributed by atoms with van der Waals surface area (Å²) in [5.41, 5.74) is 0.676. The zero-order chi connectivity index (χ0) is 23.0. The molecule has 0 saturated carbocycles. The lowest BCUT2D eigenvalue weighted by Crippen LogP contribution is -2.49. The van der Waals surface area contributed by atoms with Gasteiger partial charge in [0.05, 0.1) is 5.56 Å². The molecule has 1 aliphatic rings. The van der Waals surface area contributed by atoms with E-state index in [1.165, 1.54) is 18.2 Å². The Morgan fingerprint density at radius 1 is 1.00 bits per heavy atom. The van der Waals surface area contributed by atoms with Crippen molar-refractivity contribution >= 4 is 16.9 Å². The molecule has 0 spiro atoms. The molecule has 1 aliphatic heterocycles. The van der Waals surface area contributed by atoms with Crippen molar-refractivity contribution in [1.82, 2.24) is 9.80 Å². The standard InChI is InChI=1S/C24H26N2O6/c1-14(2)24(31)26-9-7-25(8-10-26)13-17-18(28)11-19(29)22-20(30)12-21(32-23(17)22)15-3-5-16(27)6-4-15/h3-6,11-12,14,27-29H,7-10,13H2,1-2H3. The molecule has 0 bridgehead atoms. The number of fused-ring (bicyclic) bond motifs is 1. The average molecular weight is 438 g/mol. The normalized spacial score (nSPS) is 14.9. The van der Waals surface area contributed by atoms with Crippen LogP contribution in [-0.4, -0.2) is 57.2 Å². The third-order valence-electron chi connectivity index (χ3n) is 5.77. The monoisotopic (exact) mass is 438 g/mol. The van der Waals surface area contributed by atoms with Crippen molar-refractivity contribution in [2.45, 2.75) is 20.4 Å². The summed E-state index contributed by atoms with van der Waals surface area (Å²) in [6, 6.07) is 8.65.